The number of nitrogens with zero attached hydrogens (tertiary/aromatic N) is 3. The number of nitrogens with one attached hydrogen (secondary N) is 1. The summed E-state index contributed by atoms with van der Waals surface area (Å²) < 4.78 is 38.8. The average Bonchev–Trinajstić information content (AvgIpc) is 3.15. The normalized spacial score (nSPS) is 21.7. The quantitative estimate of drug-likeness (QED) is 0.843. The molecule has 0 spiro atoms. The Balaban J connectivity index is 1.66. The third-order valence-electron chi connectivity index (χ3n) is 4.66. The summed E-state index contributed by atoms with van der Waals surface area (Å²) in [5.74, 6) is 1.60. The van der Waals surface area contributed by atoms with Crippen molar-refractivity contribution < 1.29 is 17.9 Å². The molecule has 3 heterocycles. The van der Waals surface area contributed by atoms with Gasteiger partial charge in [-0.3, -0.25) is 4.90 Å². The first-order valence-corrected chi connectivity index (χ1v) is 10.1. The summed E-state index contributed by atoms with van der Waals surface area (Å²) >= 11 is 6.26. The van der Waals surface area contributed by atoms with Crippen LogP contribution in [-0.4, -0.2) is 67.5 Å². The first-order valence-electron chi connectivity index (χ1n) is 8.25. The molecule has 2 aliphatic rings. The molecule has 0 saturated carbocycles. The van der Waals surface area contributed by atoms with Gasteiger partial charge in [0.05, 0.1) is 11.1 Å². The van der Waals surface area contributed by atoms with Crippen LogP contribution in [0.3, 0.4) is 0 Å². The summed E-state index contributed by atoms with van der Waals surface area (Å²) in [6, 6.07) is 2.81. The first-order chi connectivity index (χ1) is 12.5. The number of benzene rings is 1. The standard InChI is InChI=1S/C16H19ClN4O4S/c1-20-4-5-21(10-12(20)16-18-2-3-19-16)26(22,23)15-9-14-13(8-11(15)17)24-6-7-25-14/h2-3,8-9,12H,4-7,10H2,1H3,(H,18,19). The van der Waals surface area contributed by atoms with Gasteiger partial charge in [-0.1, -0.05) is 11.6 Å². The predicted octanol–water partition coefficient (Wildman–Crippen LogP) is 1.51. The van der Waals surface area contributed by atoms with E-state index in [1.54, 1.807) is 12.4 Å². The molecule has 2 aromatic rings. The predicted molar refractivity (Wildman–Crippen MR) is 95.2 cm³/mol. The van der Waals surface area contributed by atoms with E-state index in [1.165, 1.54) is 16.4 Å². The van der Waals surface area contributed by atoms with Crippen LogP contribution in [0.1, 0.15) is 11.9 Å². The van der Waals surface area contributed by atoms with Gasteiger partial charge in [-0.05, 0) is 7.05 Å². The number of aromatic amines is 1. The van der Waals surface area contributed by atoms with Crippen LogP contribution in [-0.2, 0) is 10.0 Å². The zero-order valence-electron chi connectivity index (χ0n) is 14.2. The molecule has 1 unspecified atom stereocenters. The molecule has 140 valence electrons. The van der Waals surface area contributed by atoms with E-state index in [2.05, 4.69) is 14.9 Å². The van der Waals surface area contributed by atoms with Crippen molar-refractivity contribution in [2.24, 2.45) is 0 Å². The van der Waals surface area contributed by atoms with E-state index in [-0.39, 0.29) is 22.5 Å². The highest BCUT2D eigenvalue weighted by atomic mass is 35.5. The maximum atomic E-state index is 13.2. The Morgan fingerprint density at radius 2 is 1.96 bits per heavy atom. The van der Waals surface area contributed by atoms with Crippen LogP contribution in [0, 0.1) is 0 Å². The highest BCUT2D eigenvalue weighted by Crippen LogP contribution is 2.39. The van der Waals surface area contributed by atoms with E-state index >= 15 is 0 Å². The molecule has 0 amide bonds. The van der Waals surface area contributed by atoms with Crippen LogP contribution in [0.25, 0.3) is 0 Å². The van der Waals surface area contributed by atoms with Crippen molar-refractivity contribution in [2.75, 3.05) is 39.9 Å². The largest absolute Gasteiger partial charge is 0.486 e. The van der Waals surface area contributed by atoms with Gasteiger partial charge in [0.25, 0.3) is 0 Å². The summed E-state index contributed by atoms with van der Waals surface area (Å²) in [5, 5.41) is 0.128. The highest BCUT2D eigenvalue weighted by Gasteiger charge is 2.36. The lowest BCUT2D eigenvalue weighted by atomic mass is 10.2. The van der Waals surface area contributed by atoms with Crippen LogP contribution in [0.5, 0.6) is 11.5 Å². The summed E-state index contributed by atoms with van der Waals surface area (Å²) in [5.41, 5.74) is 0. The Morgan fingerprint density at radius 1 is 1.23 bits per heavy atom. The van der Waals surface area contributed by atoms with Crippen LogP contribution in [0.4, 0.5) is 0 Å². The molecule has 2 aliphatic heterocycles. The molecule has 1 saturated heterocycles. The van der Waals surface area contributed by atoms with Crippen LogP contribution in [0.15, 0.2) is 29.4 Å². The molecule has 1 aromatic carbocycles. The first kappa shape index (κ1) is 17.6. The monoisotopic (exact) mass is 398 g/mol. The van der Waals surface area contributed by atoms with E-state index in [0.717, 1.165) is 5.82 Å². The molecule has 0 aliphatic carbocycles. The Kier molecular flexibility index (Phi) is 4.55. The minimum atomic E-state index is -3.78. The Bertz CT molecular complexity index is 903. The van der Waals surface area contributed by atoms with Crippen molar-refractivity contribution in [1.29, 1.82) is 0 Å². The summed E-state index contributed by atoms with van der Waals surface area (Å²) in [7, 11) is -1.82. The molecule has 4 rings (SSSR count). The molecule has 1 fully saturated rings. The van der Waals surface area contributed by atoms with Gasteiger partial charge in [-0.15, -0.1) is 0 Å². The minimum Gasteiger partial charge on any atom is -0.486 e. The molecule has 1 atom stereocenters. The fourth-order valence-corrected chi connectivity index (χ4v) is 5.15. The van der Waals surface area contributed by atoms with E-state index in [1.807, 2.05) is 7.05 Å². The highest BCUT2D eigenvalue weighted by molar-refractivity contribution is 7.89. The number of hydrogen-bond donors (Lipinski definition) is 1. The fraction of sp³-hybridized carbons (Fsp3) is 0.438. The van der Waals surface area contributed by atoms with Crippen molar-refractivity contribution in [3.05, 3.63) is 35.4 Å². The number of imidazole rings is 1. The van der Waals surface area contributed by atoms with Gasteiger partial charge >= 0.3 is 0 Å². The van der Waals surface area contributed by atoms with Gasteiger partial charge in [0.2, 0.25) is 10.0 Å². The zero-order chi connectivity index (χ0) is 18.3. The molecule has 1 N–H and O–H groups in total. The van der Waals surface area contributed by atoms with Crippen LogP contribution < -0.4 is 9.47 Å². The van der Waals surface area contributed by atoms with Crippen molar-refractivity contribution in [3.8, 4) is 11.5 Å². The van der Waals surface area contributed by atoms with Crippen molar-refractivity contribution in [1.82, 2.24) is 19.2 Å². The van der Waals surface area contributed by atoms with Crippen molar-refractivity contribution >= 4 is 21.6 Å². The van der Waals surface area contributed by atoms with Crippen molar-refractivity contribution in [3.63, 3.8) is 0 Å². The Hall–Kier alpha value is -1.81. The van der Waals surface area contributed by atoms with Crippen molar-refractivity contribution in [2.45, 2.75) is 10.9 Å². The number of rotatable bonds is 3. The Morgan fingerprint density at radius 3 is 2.65 bits per heavy atom. The molecule has 1 aromatic heterocycles. The molecule has 0 radical (unpaired) electrons. The number of ether oxygens (including phenoxy) is 2. The number of aromatic nitrogens is 2. The van der Waals surface area contributed by atoms with Gasteiger partial charge in [0.1, 0.15) is 23.9 Å². The third kappa shape index (κ3) is 3.05. The second-order valence-corrected chi connectivity index (χ2v) is 8.57. The van der Waals surface area contributed by atoms with Gasteiger partial charge in [0, 0.05) is 44.2 Å². The number of piperazine rings is 1. The average molecular weight is 399 g/mol. The molecule has 0 bridgehead atoms. The number of likely N-dealkylation sites (N-methyl/N-ethyl adjacent to an activating group) is 1. The Labute approximate surface area is 156 Å². The van der Waals surface area contributed by atoms with E-state index in [9.17, 15) is 8.42 Å². The number of sulfonamides is 1. The topological polar surface area (TPSA) is 87.8 Å². The van der Waals surface area contributed by atoms with Crippen LogP contribution in [0.2, 0.25) is 5.02 Å². The van der Waals surface area contributed by atoms with E-state index < -0.39 is 10.0 Å². The summed E-state index contributed by atoms with van der Waals surface area (Å²) in [6.07, 6.45) is 3.39. The maximum absolute atomic E-state index is 13.2. The van der Waals surface area contributed by atoms with Crippen LogP contribution >= 0.6 is 11.6 Å². The SMILES string of the molecule is CN1CCN(S(=O)(=O)c2cc3c(cc2Cl)OCCO3)CC1c1ncc[nH]1. The lowest BCUT2D eigenvalue weighted by Gasteiger charge is -2.37. The minimum absolute atomic E-state index is 0.0335. The smallest absolute Gasteiger partial charge is 0.244 e. The van der Waals surface area contributed by atoms with E-state index in [4.69, 9.17) is 21.1 Å². The maximum Gasteiger partial charge on any atom is 0.244 e. The second-order valence-electron chi connectivity index (χ2n) is 6.26. The van der Waals surface area contributed by atoms with E-state index in [0.29, 0.717) is 37.8 Å². The van der Waals surface area contributed by atoms with Gasteiger partial charge in [0.15, 0.2) is 11.5 Å². The summed E-state index contributed by atoms with van der Waals surface area (Å²) in [4.78, 5) is 9.45. The lowest BCUT2D eigenvalue weighted by Crippen LogP contribution is -2.49. The van der Waals surface area contributed by atoms with Gasteiger partial charge in [-0.2, -0.15) is 4.31 Å². The second kappa shape index (κ2) is 6.73. The number of fused-ring (bicyclic) bond motifs is 1. The third-order valence-corrected chi connectivity index (χ3v) is 6.99. The number of H-pyrrole nitrogens is 1. The zero-order valence-corrected chi connectivity index (χ0v) is 15.8. The lowest BCUT2D eigenvalue weighted by molar-refractivity contribution is 0.142. The molecular formula is C16H19ClN4O4S. The fourth-order valence-electron chi connectivity index (χ4n) is 3.20. The molecular weight excluding hydrogens is 380 g/mol. The number of hydrogen-bond acceptors (Lipinski definition) is 6. The molecule has 26 heavy (non-hydrogen) atoms. The summed E-state index contributed by atoms with van der Waals surface area (Å²) in [6.45, 7) is 2.05. The molecule has 8 nitrogen and oxygen atoms in total. The number of halogens is 1. The molecule has 10 heteroatoms. The van der Waals surface area contributed by atoms with Gasteiger partial charge in [-0.25, -0.2) is 13.4 Å². The van der Waals surface area contributed by atoms with Gasteiger partial charge < -0.3 is 14.5 Å².